The highest BCUT2D eigenvalue weighted by molar-refractivity contribution is 5.83. The molecule has 0 aliphatic heterocycles. The minimum atomic E-state index is -4.40. The number of hydrogen-bond donors (Lipinski definition) is 1. The monoisotopic (exact) mass is 366 g/mol. The summed E-state index contributed by atoms with van der Waals surface area (Å²) in [5.41, 5.74) is 2.41. The van der Waals surface area contributed by atoms with Crippen molar-refractivity contribution in [3.63, 3.8) is 0 Å². The van der Waals surface area contributed by atoms with Crippen LogP contribution in [0.1, 0.15) is 11.1 Å². The molecule has 0 saturated heterocycles. The first-order valence-corrected chi connectivity index (χ1v) is 8.15. The van der Waals surface area contributed by atoms with E-state index in [0.29, 0.717) is 11.9 Å². The van der Waals surface area contributed by atoms with Gasteiger partial charge in [-0.05, 0) is 35.7 Å². The van der Waals surface area contributed by atoms with Crippen molar-refractivity contribution in [2.75, 3.05) is 13.2 Å². The van der Waals surface area contributed by atoms with Crippen LogP contribution in [0, 0.1) is 5.82 Å². The number of H-pyrrole nitrogens is 1. The minimum Gasteiger partial charge on any atom is -0.361 e. The fourth-order valence-corrected chi connectivity index (χ4v) is 2.75. The van der Waals surface area contributed by atoms with Crippen molar-refractivity contribution < 1.29 is 22.4 Å². The SMILES string of the molecule is Fc1ccc2c(CCN(Cc3ccccc3)OCC(F)(F)F)c[nH]c2c1. The molecule has 2 aromatic carbocycles. The molecular weight excluding hydrogens is 348 g/mol. The average molecular weight is 366 g/mol. The van der Waals surface area contributed by atoms with Crippen LogP contribution in [-0.4, -0.2) is 29.4 Å². The van der Waals surface area contributed by atoms with Gasteiger partial charge in [0.05, 0.1) is 0 Å². The lowest BCUT2D eigenvalue weighted by molar-refractivity contribution is -0.255. The predicted octanol–water partition coefficient (Wildman–Crippen LogP) is 4.85. The molecule has 0 aliphatic rings. The summed E-state index contributed by atoms with van der Waals surface area (Å²) >= 11 is 0. The van der Waals surface area contributed by atoms with Crippen LogP contribution < -0.4 is 0 Å². The summed E-state index contributed by atoms with van der Waals surface area (Å²) in [6.45, 7) is -0.817. The summed E-state index contributed by atoms with van der Waals surface area (Å²) in [5.74, 6) is -0.342. The molecule has 26 heavy (non-hydrogen) atoms. The van der Waals surface area contributed by atoms with Crippen molar-refractivity contribution in [1.29, 1.82) is 0 Å². The van der Waals surface area contributed by atoms with Crippen LogP contribution in [0.3, 0.4) is 0 Å². The van der Waals surface area contributed by atoms with Crippen molar-refractivity contribution in [2.45, 2.75) is 19.1 Å². The molecule has 3 aromatic rings. The van der Waals surface area contributed by atoms with Gasteiger partial charge in [-0.15, -0.1) is 0 Å². The zero-order valence-electron chi connectivity index (χ0n) is 13.9. The van der Waals surface area contributed by atoms with Gasteiger partial charge >= 0.3 is 6.18 Å². The van der Waals surface area contributed by atoms with Crippen LogP contribution in [0.25, 0.3) is 10.9 Å². The highest BCUT2D eigenvalue weighted by Gasteiger charge is 2.29. The molecule has 0 fully saturated rings. The number of benzene rings is 2. The van der Waals surface area contributed by atoms with Crippen LogP contribution in [0.4, 0.5) is 17.6 Å². The Labute approximate surface area is 148 Å². The maximum absolute atomic E-state index is 13.3. The zero-order valence-corrected chi connectivity index (χ0v) is 13.9. The van der Waals surface area contributed by atoms with Crippen LogP contribution in [0.5, 0.6) is 0 Å². The molecule has 1 heterocycles. The first-order valence-electron chi connectivity index (χ1n) is 8.15. The molecule has 0 amide bonds. The lowest BCUT2D eigenvalue weighted by Crippen LogP contribution is -2.31. The minimum absolute atomic E-state index is 0.244. The maximum Gasteiger partial charge on any atom is 0.413 e. The number of aromatic nitrogens is 1. The van der Waals surface area contributed by atoms with E-state index in [4.69, 9.17) is 4.84 Å². The van der Waals surface area contributed by atoms with Crippen molar-refractivity contribution >= 4 is 10.9 Å². The van der Waals surface area contributed by atoms with Gasteiger partial charge in [0.1, 0.15) is 5.82 Å². The van der Waals surface area contributed by atoms with Crippen molar-refractivity contribution in [3.05, 3.63) is 71.7 Å². The number of nitrogens with zero attached hydrogens (tertiary/aromatic N) is 1. The molecule has 0 atom stereocenters. The number of fused-ring (bicyclic) bond motifs is 1. The normalized spacial score (nSPS) is 12.2. The second-order valence-corrected chi connectivity index (χ2v) is 5.99. The first-order chi connectivity index (χ1) is 12.4. The van der Waals surface area contributed by atoms with Crippen molar-refractivity contribution in [1.82, 2.24) is 10.0 Å². The van der Waals surface area contributed by atoms with E-state index in [-0.39, 0.29) is 18.9 Å². The summed E-state index contributed by atoms with van der Waals surface area (Å²) in [4.78, 5) is 7.96. The number of alkyl halides is 3. The molecule has 3 rings (SSSR count). The summed E-state index contributed by atoms with van der Waals surface area (Å²) in [7, 11) is 0. The molecule has 0 radical (unpaired) electrons. The van der Waals surface area contributed by atoms with Crippen molar-refractivity contribution in [2.24, 2.45) is 0 Å². The van der Waals surface area contributed by atoms with Gasteiger partial charge in [-0.1, -0.05) is 30.3 Å². The molecule has 1 N–H and O–H groups in total. The summed E-state index contributed by atoms with van der Waals surface area (Å²) in [6, 6.07) is 13.6. The Bertz CT molecular complexity index is 846. The average Bonchev–Trinajstić information content (AvgIpc) is 2.99. The Morgan fingerprint density at radius 3 is 2.54 bits per heavy atom. The number of rotatable bonds is 7. The number of nitrogens with one attached hydrogen (secondary N) is 1. The molecule has 7 heteroatoms. The van der Waals surface area contributed by atoms with Crippen LogP contribution >= 0.6 is 0 Å². The van der Waals surface area contributed by atoms with Gasteiger partial charge in [0.2, 0.25) is 0 Å². The number of hydrogen-bond acceptors (Lipinski definition) is 2. The van der Waals surface area contributed by atoms with Crippen LogP contribution in [0.15, 0.2) is 54.7 Å². The maximum atomic E-state index is 13.3. The van der Waals surface area contributed by atoms with E-state index in [1.165, 1.54) is 17.2 Å². The fourth-order valence-electron chi connectivity index (χ4n) is 2.75. The van der Waals surface area contributed by atoms with E-state index < -0.39 is 12.8 Å². The molecule has 0 unspecified atom stereocenters. The fraction of sp³-hybridized carbons (Fsp3) is 0.263. The third kappa shape index (κ3) is 5.06. The molecule has 0 aliphatic carbocycles. The summed E-state index contributed by atoms with van der Waals surface area (Å²) < 4.78 is 50.8. The van der Waals surface area contributed by atoms with E-state index in [2.05, 4.69) is 4.98 Å². The molecular formula is C19H18F4N2O. The molecule has 0 bridgehead atoms. The lowest BCUT2D eigenvalue weighted by atomic mass is 10.1. The molecule has 0 saturated carbocycles. The van der Waals surface area contributed by atoms with E-state index in [9.17, 15) is 17.6 Å². The van der Waals surface area contributed by atoms with Gasteiger partial charge in [-0.2, -0.15) is 18.2 Å². The quantitative estimate of drug-likeness (QED) is 0.478. The molecule has 0 spiro atoms. The highest BCUT2D eigenvalue weighted by atomic mass is 19.4. The predicted molar refractivity (Wildman–Crippen MR) is 90.8 cm³/mol. The largest absolute Gasteiger partial charge is 0.413 e. The van der Waals surface area contributed by atoms with Gasteiger partial charge in [-0.3, -0.25) is 4.84 Å². The van der Waals surface area contributed by atoms with Crippen molar-refractivity contribution in [3.8, 4) is 0 Å². The third-order valence-electron chi connectivity index (χ3n) is 3.97. The Morgan fingerprint density at radius 2 is 1.81 bits per heavy atom. The van der Waals surface area contributed by atoms with Gasteiger partial charge < -0.3 is 4.98 Å². The zero-order chi connectivity index (χ0) is 18.6. The summed E-state index contributed by atoms with van der Waals surface area (Å²) in [5, 5.41) is 2.16. The van der Waals surface area contributed by atoms with Crippen LogP contribution in [-0.2, 0) is 17.8 Å². The van der Waals surface area contributed by atoms with Gasteiger partial charge in [0.25, 0.3) is 0 Å². The molecule has 3 nitrogen and oxygen atoms in total. The second kappa shape index (κ2) is 7.88. The Hall–Kier alpha value is -2.38. The smallest absolute Gasteiger partial charge is 0.361 e. The van der Waals surface area contributed by atoms with E-state index >= 15 is 0 Å². The number of hydroxylamine groups is 2. The van der Waals surface area contributed by atoms with Crippen LogP contribution in [0.2, 0.25) is 0 Å². The van der Waals surface area contributed by atoms with Gasteiger partial charge in [-0.25, -0.2) is 4.39 Å². The third-order valence-corrected chi connectivity index (χ3v) is 3.97. The molecule has 138 valence electrons. The first kappa shape index (κ1) is 18.4. The van der Waals surface area contributed by atoms with Gasteiger partial charge in [0.15, 0.2) is 6.61 Å². The Kier molecular flexibility index (Phi) is 5.58. The van der Waals surface area contributed by atoms with E-state index in [1.54, 1.807) is 12.3 Å². The number of halogens is 4. The lowest BCUT2D eigenvalue weighted by Gasteiger charge is -2.22. The second-order valence-electron chi connectivity index (χ2n) is 5.99. The number of aromatic amines is 1. The molecule has 1 aromatic heterocycles. The Balaban J connectivity index is 1.69. The topological polar surface area (TPSA) is 28.3 Å². The van der Waals surface area contributed by atoms with E-state index in [0.717, 1.165) is 16.5 Å². The van der Waals surface area contributed by atoms with Gasteiger partial charge in [0, 0.05) is 30.2 Å². The van der Waals surface area contributed by atoms with E-state index in [1.807, 2.05) is 30.3 Å². The highest BCUT2D eigenvalue weighted by Crippen LogP contribution is 2.21. The summed E-state index contributed by atoms with van der Waals surface area (Å²) in [6.07, 6.45) is -2.18. The standard InChI is InChI=1S/C19H18F4N2O/c20-16-6-7-17-15(11-24-18(17)10-16)8-9-25(26-13-19(21,22)23)12-14-4-2-1-3-5-14/h1-7,10-11,24H,8-9,12-13H2. The Morgan fingerprint density at radius 1 is 1.04 bits per heavy atom.